The maximum Gasteiger partial charge on any atom is 0.254 e. The predicted octanol–water partition coefficient (Wildman–Crippen LogP) is 3.39. The Labute approximate surface area is 184 Å². The molecule has 1 aromatic carbocycles. The van der Waals surface area contributed by atoms with Crippen molar-refractivity contribution in [3.8, 4) is 5.95 Å². The fourth-order valence-corrected chi connectivity index (χ4v) is 2.81. The fraction of sp³-hybridized carbons (Fsp3) is 0.318. The SMILES string of the molecule is CC(C)(C)c1cc(NC(=O)CCCNC(=O)c2ccc(F)cc2F)n(-c2ncccn2)n1. The molecule has 0 saturated heterocycles. The van der Waals surface area contributed by atoms with Crippen molar-refractivity contribution in [3.05, 3.63) is 65.6 Å². The van der Waals surface area contributed by atoms with Gasteiger partial charge in [0.05, 0.1) is 11.3 Å². The largest absolute Gasteiger partial charge is 0.352 e. The van der Waals surface area contributed by atoms with Gasteiger partial charge in [0.2, 0.25) is 5.91 Å². The van der Waals surface area contributed by atoms with Gasteiger partial charge in [-0.3, -0.25) is 9.59 Å². The summed E-state index contributed by atoms with van der Waals surface area (Å²) < 4.78 is 28.1. The number of nitrogens with one attached hydrogen (secondary N) is 2. The lowest BCUT2D eigenvalue weighted by Crippen LogP contribution is -2.26. The first-order valence-electron chi connectivity index (χ1n) is 10.1. The molecule has 3 aromatic rings. The van der Waals surface area contributed by atoms with E-state index < -0.39 is 17.5 Å². The Morgan fingerprint density at radius 2 is 1.81 bits per heavy atom. The maximum absolute atomic E-state index is 13.7. The van der Waals surface area contributed by atoms with Crippen molar-refractivity contribution in [1.82, 2.24) is 25.1 Å². The zero-order chi connectivity index (χ0) is 23.3. The van der Waals surface area contributed by atoms with E-state index in [-0.39, 0.29) is 29.9 Å². The Kier molecular flexibility index (Phi) is 6.92. The summed E-state index contributed by atoms with van der Waals surface area (Å²) in [4.78, 5) is 32.8. The van der Waals surface area contributed by atoms with Gasteiger partial charge in [-0.2, -0.15) is 9.78 Å². The van der Waals surface area contributed by atoms with E-state index in [9.17, 15) is 18.4 Å². The molecule has 32 heavy (non-hydrogen) atoms. The van der Waals surface area contributed by atoms with Crippen LogP contribution in [0.5, 0.6) is 0 Å². The topological polar surface area (TPSA) is 102 Å². The third-order valence-electron chi connectivity index (χ3n) is 4.53. The van der Waals surface area contributed by atoms with E-state index in [4.69, 9.17) is 0 Å². The number of benzene rings is 1. The van der Waals surface area contributed by atoms with Crippen LogP contribution in [0.4, 0.5) is 14.6 Å². The zero-order valence-electron chi connectivity index (χ0n) is 18.0. The molecule has 8 nitrogen and oxygen atoms in total. The second-order valence-electron chi connectivity index (χ2n) is 8.16. The summed E-state index contributed by atoms with van der Waals surface area (Å²) in [5.41, 5.74) is 0.255. The first-order chi connectivity index (χ1) is 15.1. The van der Waals surface area contributed by atoms with Gasteiger partial charge in [0, 0.05) is 42.9 Å². The van der Waals surface area contributed by atoms with Crippen molar-refractivity contribution < 1.29 is 18.4 Å². The summed E-state index contributed by atoms with van der Waals surface area (Å²) >= 11 is 0. The molecule has 0 aliphatic rings. The molecule has 2 aromatic heterocycles. The van der Waals surface area contributed by atoms with Gasteiger partial charge in [0.25, 0.3) is 11.9 Å². The number of hydrogen-bond donors (Lipinski definition) is 2. The smallest absolute Gasteiger partial charge is 0.254 e. The average Bonchev–Trinajstić information content (AvgIpc) is 3.16. The van der Waals surface area contributed by atoms with Gasteiger partial charge in [0.1, 0.15) is 17.5 Å². The molecule has 0 unspecified atom stereocenters. The minimum atomic E-state index is -0.939. The van der Waals surface area contributed by atoms with Crippen LogP contribution in [0.1, 0.15) is 49.7 Å². The van der Waals surface area contributed by atoms with Gasteiger partial charge in [-0.1, -0.05) is 20.8 Å². The minimum absolute atomic E-state index is 0.109. The predicted molar refractivity (Wildman–Crippen MR) is 114 cm³/mol. The van der Waals surface area contributed by atoms with Gasteiger partial charge in [-0.05, 0) is 24.6 Å². The molecule has 0 fully saturated rings. The molecular formula is C22H24F2N6O2. The molecule has 0 atom stereocenters. The highest BCUT2D eigenvalue weighted by atomic mass is 19.1. The molecule has 10 heteroatoms. The van der Waals surface area contributed by atoms with Crippen LogP contribution in [0, 0.1) is 11.6 Å². The maximum atomic E-state index is 13.7. The van der Waals surface area contributed by atoms with E-state index in [1.807, 2.05) is 20.8 Å². The summed E-state index contributed by atoms with van der Waals surface area (Å²) in [5, 5.41) is 9.85. The van der Waals surface area contributed by atoms with E-state index >= 15 is 0 Å². The fourth-order valence-electron chi connectivity index (χ4n) is 2.81. The molecular weight excluding hydrogens is 418 g/mol. The number of halogens is 2. The lowest BCUT2D eigenvalue weighted by Gasteiger charge is -2.13. The highest BCUT2D eigenvalue weighted by molar-refractivity contribution is 5.94. The summed E-state index contributed by atoms with van der Waals surface area (Å²) in [6, 6.07) is 6.19. The second kappa shape index (κ2) is 9.63. The highest BCUT2D eigenvalue weighted by Crippen LogP contribution is 2.25. The molecule has 2 heterocycles. The van der Waals surface area contributed by atoms with Gasteiger partial charge in [-0.25, -0.2) is 18.7 Å². The number of rotatable bonds is 7. The van der Waals surface area contributed by atoms with E-state index in [1.165, 1.54) is 4.68 Å². The molecule has 168 valence electrons. The third kappa shape index (κ3) is 5.71. The number of aromatic nitrogens is 4. The third-order valence-corrected chi connectivity index (χ3v) is 4.53. The molecule has 0 aliphatic carbocycles. The second-order valence-corrected chi connectivity index (χ2v) is 8.16. The van der Waals surface area contributed by atoms with Gasteiger partial charge in [-0.15, -0.1) is 0 Å². The first-order valence-corrected chi connectivity index (χ1v) is 10.1. The normalized spacial score (nSPS) is 11.3. The average molecular weight is 442 g/mol. The van der Waals surface area contributed by atoms with Crippen LogP contribution in [0.25, 0.3) is 5.95 Å². The van der Waals surface area contributed by atoms with Crippen LogP contribution >= 0.6 is 0 Å². The highest BCUT2D eigenvalue weighted by Gasteiger charge is 2.22. The van der Waals surface area contributed by atoms with Crippen molar-refractivity contribution in [3.63, 3.8) is 0 Å². The van der Waals surface area contributed by atoms with Crippen LogP contribution in [0.3, 0.4) is 0 Å². The van der Waals surface area contributed by atoms with E-state index in [0.717, 1.165) is 17.8 Å². The summed E-state index contributed by atoms with van der Waals surface area (Å²) in [6.07, 6.45) is 3.60. The molecule has 3 rings (SSSR count). The number of amides is 2. The van der Waals surface area contributed by atoms with E-state index in [1.54, 1.807) is 24.5 Å². The van der Waals surface area contributed by atoms with E-state index in [0.29, 0.717) is 24.3 Å². The Hall–Kier alpha value is -3.69. The number of carbonyl (C=O) groups is 2. The number of hydrogen-bond acceptors (Lipinski definition) is 5. The Morgan fingerprint density at radius 1 is 1.09 bits per heavy atom. The van der Waals surface area contributed by atoms with Gasteiger partial charge < -0.3 is 10.6 Å². The first kappa shape index (κ1) is 23.0. The number of carbonyl (C=O) groups excluding carboxylic acids is 2. The molecule has 2 N–H and O–H groups in total. The van der Waals surface area contributed by atoms with Crippen LogP contribution in [-0.2, 0) is 10.2 Å². The van der Waals surface area contributed by atoms with Crippen LogP contribution in [-0.4, -0.2) is 38.1 Å². The van der Waals surface area contributed by atoms with Crippen molar-refractivity contribution >= 4 is 17.6 Å². The van der Waals surface area contributed by atoms with Crippen molar-refractivity contribution in [2.24, 2.45) is 0 Å². The summed E-state index contributed by atoms with van der Waals surface area (Å²) in [5.74, 6) is -1.89. The Balaban J connectivity index is 1.59. The quantitative estimate of drug-likeness (QED) is 0.546. The van der Waals surface area contributed by atoms with Gasteiger partial charge in [0.15, 0.2) is 0 Å². The molecule has 0 radical (unpaired) electrons. The number of nitrogens with zero attached hydrogens (tertiary/aromatic N) is 4. The van der Waals surface area contributed by atoms with E-state index in [2.05, 4.69) is 25.7 Å². The molecule has 0 spiro atoms. The van der Waals surface area contributed by atoms with Gasteiger partial charge >= 0.3 is 0 Å². The minimum Gasteiger partial charge on any atom is -0.352 e. The number of anilines is 1. The van der Waals surface area contributed by atoms with Crippen LogP contribution in [0.15, 0.2) is 42.7 Å². The van der Waals surface area contributed by atoms with Crippen LogP contribution in [0.2, 0.25) is 0 Å². The summed E-state index contributed by atoms with van der Waals surface area (Å²) in [7, 11) is 0. The van der Waals surface area contributed by atoms with Crippen molar-refractivity contribution in [2.45, 2.75) is 39.0 Å². The molecule has 0 saturated carbocycles. The van der Waals surface area contributed by atoms with Crippen molar-refractivity contribution in [1.29, 1.82) is 0 Å². The molecule has 2 amide bonds. The summed E-state index contributed by atoms with van der Waals surface area (Å²) in [6.45, 7) is 6.16. The molecule has 0 bridgehead atoms. The monoisotopic (exact) mass is 442 g/mol. The Bertz CT molecular complexity index is 1110. The lowest BCUT2D eigenvalue weighted by atomic mass is 9.92. The van der Waals surface area contributed by atoms with Crippen molar-refractivity contribution in [2.75, 3.05) is 11.9 Å². The Morgan fingerprint density at radius 3 is 2.47 bits per heavy atom. The molecule has 0 aliphatic heterocycles. The van der Waals surface area contributed by atoms with Crippen LogP contribution < -0.4 is 10.6 Å². The standard InChI is InChI=1S/C22H24F2N6O2/c1-22(2,3)17-13-18(30(29-17)21-26-10-5-11-27-21)28-19(31)6-4-9-25-20(32)15-8-7-14(23)12-16(15)24/h5,7-8,10-13H,4,6,9H2,1-3H3,(H,25,32)(H,28,31). The zero-order valence-corrected chi connectivity index (χ0v) is 18.0. The lowest BCUT2D eigenvalue weighted by molar-refractivity contribution is -0.116.